The topological polar surface area (TPSA) is 108 Å². The van der Waals surface area contributed by atoms with Gasteiger partial charge in [0, 0.05) is 31.2 Å². The number of benzene rings is 1. The van der Waals surface area contributed by atoms with E-state index in [0.717, 1.165) is 49.0 Å². The van der Waals surface area contributed by atoms with Crippen molar-refractivity contribution < 1.29 is 14.3 Å². The van der Waals surface area contributed by atoms with Crippen molar-refractivity contribution in [2.45, 2.75) is 44.7 Å². The second-order valence-corrected chi connectivity index (χ2v) is 8.53. The number of rotatable bonds is 8. The predicted molar refractivity (Wildman–Crippen MR) is 112 cm³/mol. The van der Waals surface area contributed by atoms with E-state index in [4.69, 9.17) is 4.74 Å². The van der Waals surface area contributed by atoms with E-state index in [-0.39, 0.29) is 29.3 Å². The van der Waals surface area contributed by atoms with Crippen molar-refractivity contribution in [2.24, 2.45) is 11.3 Å². The van der Waals surface area contributed by atoms with Gasteiger partial charge in [0.15, 0.2) is 0 Å². The first-order valence-corrected chi connectivity index (χ1v) is 10.5. The monoisotopic (exact) mass is 411 g/mol. The normalized spacial score (nSPS) is 24.4. The van der Waals surface area contributed by atoms with Gasteiger partial charge >= 0.3 is 6.03 Å². The SMILES string of the molecule is COc1ccc(CNC(=O)NC2CC3(C2)CC(C(=O)NCCc2cn[nH]c2)C3)cc1. The number of nitrogens with zero attached hydrogens (tertiary/aromatic N) is 1. The molecule has 0 radical (unpaired) electrons. The number of H-pyrrole nitrogens is 1. The summed E-state index contributed by atoms with van der Waals surface area (Å²) in [7, 11) is 1.63. The summed E-state index contributed by atoms with van der Waals surface area (Å²) in [4.78, 5) is 24.4. The summed E-state index contributed by atoms with van der Waals surface area (Å²) in [6, 6.07) is 7.69. The Morgan fingerprint density at radius 1 is 1.13 bits per heavy atom. The molecule has 30 heavy (non-hydrogen) atoms. The Kier molecular flexibility index (Phi) is 5.92. The van der Waals surface area contributed by atoms with Crippen LogP contribution in [0.5, 0.6) is 5.75 Å². The van der Waals surface area contributed by atoms with Gasteiger partial charge in [-0.05, 0) is 60.8 Å². The number of hydrogen-bond donors (Lipinski definition) is 4. The number of carbonyl (C=O) groups excluding carboxylic acids is 2. The van der Waals surface area contributed by atoms with Crippen molar-refractivity contribution in [1.29, 1.82) is 0 Å². The van der Waals surface area contributed by atoms with E-state index < -0.39 is 0 Å². The molecule has 2 aromatic rings. The summed E-state index contributed by atoms with van der Waals surface area (Å²) in [5.41, 5.74) is 2.37. The zero-order chi connectivity index (χ0) is 21.0. The van der Waals surface area contributed by atoms with Gasteiger partial charge in [-0.25, -0.2) is 4.79 Å². The van der Waals surface area contributed by atoms with Gasteiger partial charge in [-0.1, -0.05) is 12.1 Å². The Balaban J connectivity index is 1.09. The Morgan fingerprint density at radius 3 is 2.57 bits per heavy atom. The van der Waals surface area contributed by atoms with Gasteiger partial charge in [0.2, 0.25) is 5.91 Å². The van der Waals surface area contributed by atoms with Gasteiger partial charge in [0.25, 0.3) is 0 Å². The Morgan fingerprint density at radius 2 is 1.90 bits per heavy atom. The molecule has 2 saturated carbocycles. The van der Waals surface area contributed by atoms with E-state index >= 15 is 0 Å². The highest BCUT2D eigenvalue weighted by Gasteiger charge is 2.54. The summed E-state index contributed by atoms with van der Waals surface area (Å²) in [5, 5.41) is 15.6. The van der Waals surface area contributed by atoms with Crippen molar-refractivity contribution in [3.63, 3.8) is 0 Å². The number of carbonyl (C=O) groups is 2. The van der Waals surface area contributed by atoms with Crippen LogP contribution in [0.4, 0.5) is 4.79 Å². The fraction of sp³-hybridized carbons (Fsp3) is 0.500. The molecule has 8 heteroatoms. The number of aromatic nitrogens is 2. The van der Waals surface area contributed by atoms with Crippen molar-refractivity contribution in [3.05, 3.63) is 47.8 Å². The molecule has 0 atom stereocenters. The van der Waals surface area contributed by atoms with E-state index in [1.165, 1.54) is 0 Å². The van der Waals surface area contributed by atoms with Crippen LogP contribution in [-0.4, -0.2) is 41.8 Å². The summed E-state index contributed by atoms with van der Waals surface area (Å²) >= 11 is 0. The molecule has 0 bridgehead atoms. The molecule has 4 rings (SSSR count). The number of methoxy groups -OCH3 is 1. The van der Waals surface area contributed by atoms with Crippen LogP contribution < -0.4 is 20.7 Å². The lowest BCUT2D eigenvalue weighted by Crippen LogP contribution is -2.59. The predicted octanol–water partition coefficient (Wildman–Crippen LogP) is 2.14. The van der Waals surface area contributed by atoms with Crippen molar-refractivity contribution in [1.82, 2.24) is 26.1 Å². The minimum atomic E-state index is -0.140. The van der Waals surface area contributed by atoms with Crippen LogP contribution in [0.3, 0.4) is 0 Å². The van der Waals surface area contributed by atoms with Crippen molar-refractivity contribution >= 4 is 11.9 Å². The molecule has 2 aliphatic rings. The first kappa shape index (κ1) is 20.3. The lowest BCUT2D eigenvalue weighted by Gasteiger charge is -2.57. The Hall–Kier alpha value is -3.03. The zero-order valence-corrected chi connectivity index (χ0v) is 17.2. The highest BCUT2D eigenvalue weighted by Crippen LogP contribution is 2.58. The molecular weight excluding hydrogens is 382 g/mol. The summed E-state index contributed by atoms with van der Waals surface area (Å²) in [5.74, 6) is 1.06. The molecule has 160 valence electrons. The van der Waals surface area contributed by atoms with E-state index in [9.17, 15) is 9.59 Å². The highest BCUT2D eigenvalue weighted by molar-refractivity contribution is 5.80. The van der Waals surface area contributed by atoms with Gasteiger partial charge < -0.3 is 20.7 Å². The average Bonchev–Trinajstić information content (AvgIpc) is 3.21. The maximum absolute atomic E-state index is 12.3. The van der Waals surface area contributed by atoms with Crippen LogP contribution in [0.15, 0.2) is 36.7 Å². The summed E-state index contributed by atoms with van der Waals surface area (Å²) in [6.45, 7) is 1.12. The molecule has 0 aliphatic heterocycles. The molecule has 4 N–H and O–H groups in total. The van der Waals surface area contributed by atoms with Crippen LogP contribution in [0.2, 0.25) is 0 Å². The highest BCUT2D eigenvalue weighted by atomic mass is 16.5. The fourth-order valence-corrected chi connectivity index (χ4v) is 4.64. The van der Waals surface area contributed by atoms with Crippen LogP contribution in [-0.2, 0) is 17.8 Å². The molecule has 1 spiro atoms. The number of aromatic amines is 1. The minimum Gasteiger partial charge on any atom is -0.497 e. The minimum absolute atomic E-state index is 0.110. The van der Waals surface area contributed by atoms with Crippen LogP contribution in [0.1, 0.15) is 36.8 Å². The quantitative estimate of drug-likeness (QED) is 0.534. The number of urea groups is 1. The maximum Gasteiger partial charge on any atom is 0.315 e. The zero-order valence-electron chi connectivity index (χ0n) is 17.2. The number of ether oxygens (including phenoxy) is 1. The van der Waals surface area contributed by atoms with Gasteiger partial charge in [-0.15, -0.1) is 0 Å². The van der Waals surface area contributed by atoms with Crippen LogP contribution in [0.25, 0.3) is 0 Å². The van der Waals surface area contributed by atoms with Crippen LogP contribution >= 0.6 is 0 Å². The molecule has 1 heterocycles. The van der Waals surface area contributed by atoms with Gasteiger partial charge in [0.1, 0.15) is 5.75 Å². The van der Waals surface area contributed by atoms with Gasteiger partial charge in [-0.2, -0.15) is 5.10 Å². The molecule has 2 fully saturated rings. The Labute approximate surface area is 176 Å². The van der Waals surface area contributed by atoms with Gasteiger partial charge in [0.05, 0.1) is 13.3 Å². The molecule has 1 aromatic carbocycles. The van der Waals surface area contributed by atoms with Crippen LogP contribution in [0, 0.1) is 11.3 Å². The third-order valence-electron chi connectivity index (χ3n) is 6.30. The summed E-state index contributed by atoms with van der Waals surface area (Å²) in [6.07, 6.45) is 8.19. The average molecular weight is 412 g/mol. The lowest BCUT2D eigenvalue weighted by atomic mass is 9.50. The van der Waals surface area contributed by atoms with E-state index in [1.807, 2.05) is 30.5 Å². The van der Waals surface area contributed by atoms with Crippen molar-refractivity contribution in [3.8, 4) is 5.75 Å². The van der Waals surface area contributed by atoms with E-state index in [1.54, 1.807) is 13.3 Å². The largest absolute Gasteiger partial charge is 0.497 e. The lowest BCUT2D eigenvalue weighted by molar-refractivity contribution is -0.138. The standard InChI is InChI=1S/C22H29N5O3/c1-30-19-4-2-15(3-5-19)12-24-21(29)27-18-10-22(11-18)8-17(9-22)20(28)23-7-6-16-13-25-26-14-16/h2-5,13-14,17-18H,6-12H2,1H3,(H,23,28)(H,25,26)(H2,24,27,29). The number of amides is 3. The first-order chi connectivity index (χ1) is 14.5. The molecular formula is C22H29N5O3. The second-order valence-electron chi connectivity index (χ2n) is 8.53. The van der Waals surface area contributed by atoms with Crippen molar-refractivity contribution in [2.75, 3.05) is 13.7 Å². The molecule has 0 unspecified atom stereocenters. The van der Waals surface area contributed by atoms with E-state index in [2.05, 4.69) is 26.1 Å². The van der Waals surface area contributed by atoms with Gasteiger partial charge in [-0.3, -0.25) is 9.89 Å². The molecule has 3 amide bonds. The number of hydrogen-bond acceptors (Lipinski definition) is 4. The maximum atomic E-state index is 12.3. The number of nitrogens with one attached hydrogen (secondary N) is 4. The third kappa shape index (κ3) is 4.75. The third-order valence-corrected chi connectivity index (χ3v) is 6.30. The second kappa shape index (κ2) is 8.77. The molecule has 8 nitrogen and oxygen atoms in total. The summed E-state index contributed by atoms with van der Waals surface area (Å²) < 4.78 is 5.13. The first-order valence-electron chi connectivity index (χ1n) is 10.5. The smallest absolute Gasteiger partial charge is 0.315 e. The van der Waals surface area contributed by atoms with E-state index in [0.29, 0.717) is 13.1 Å². The molecule has 1 aromatic heterocycles. The molecule has 2 aliphatic carbocycles. The molecule has 0 saturated heterocycles. The fourth-order valence-electron chi connectivity index (χ4n) is 4.64. The Bertz CT molecular complexity index is 851.